The number of nitrogens with zero attached hydrogens (tertiary/aromatic N) is 2. The van der Waals surface area contributed by atoms with Gasteiger partial charge in [0.1, 0.15) is 5.82 Å². The molecule has 1 atom stereocenters. The molecule has 1 unspecified atom stereocenters. The minimum Gasteiger partial charge on any atom is -0.449 e. The number of nitrogens with one attached hydrogen (secondary N) is 2. The van der Waals surface area contributed by atoms with Crippen LogP contribution in [0.2, 0.25) is 0 Å². The summed E-state index contributed by atoms with van der Waals surface area (Å²) in [6.07, 6.45) is 2.55. The van der Waals surface area contributed by atoms with Gasteiger partial charge in [0, 0.05) is 18.7 Å². The van der Waals surface area contributed by atoms with Crippen LogP contribution >= 0.6 is 0 Å². The molecule has 3 aromatic rings. The predicted octanol–water partition coefficient (Wildman–Crippen LogP) is 3.04. The number of ether oxygens (including phenoxy) is 1. The summed E-state index contributed by atoms with van der Waals surface area (Å²) in [6, 6.07) is 10.3. The lowest BCUT2D eigenvalue weighted by Crippen LogP contribution is -2.40. The van der Waals surface area contributed by atoms with Crippen LogP contribution in [-0.4, -0.2) is 40.0 Å². The minimum absolute atomic E-state index is 0.108. The summed E-state index contributed by atoms with van der Waals surface area (Å²) < 4.78 is 7.02. The summed E-state index contributed by atoms with van der Waals surface area (Å²) in [4.78, 5) is 54.9. The fourth-order valence-corrected chi connectivity index (χ4v) is 4.33. The summed E-state index contributed by atoms with van der Waals surface area (Å²) in [5, 5.41) is 5.72. The van der Waals surface area contributed by atoms with Crippen LogP contribution in [0.3, 0.4) is 0 Å². The maximum Gasteiger partial charge on any atom is 0.338 e. The van der Waals surface area contributed by atoms with Crippen LogP contribution in [0.15, 0.2) is 41.2 Å². The van der Waals surface area contributed by atoms with Gasteiger partial charge in [0.2, 0.25) is 5.91 Å². The second-order valence-electron chi connectivity index (χ2n) is 9.11. The highest BCUT2D eigenvalue weighted by Crippen LogP contribution is 2.19. The number of carbonyl (C=O) groups excluding carboxylic acids is 3. The molecule has 0 fully saturated rings. The second kappa shape index (κ2) is 10.7. The Hall–Kier alpha value is -4.01. The highest BCUT2D eigenvalue weighted by molar-refractivity contribution is 5.98. The Bertz CT molecular complexity index is 1370. The Kier molecular flexibility index (Phi) is 7.47. The Labute approximate surface area is 208 Å². The Balaban J connectivity index is 1.38. The average Bonchev–Trinajstić information content (AvgIpc) is 3.10. The number of esters is 1. The van der Waals surface area contributed by atoms with Gasteiger partial charge in [0.15, 0.2) is 6.10 Å². The molecule has 2 N–H and O–H groups in total. The van der Waals surface area contributed by atoms with Gasteiger partial charge >= 0.3 is 5.97 Å². The van der Waals surface area contributed by atoms with E-state index in [1.807, 2.05) is 32.0 Å². The molecule has 4 rings (SSSR count). The van der Waals surface area contributed by atoms with Gasteiger partial charge in [0.05, 0.1) is 23.0 Å². The van der Waals surface area contributed by atoms with Crippen molar-refractivity contribution in [2.24, 2.45) is 0 Å². The number of para-hydroxylation sites is 1. The van der Waals surface area contributed by atoms with Crippen molar-refractivity contribution < 1.29 is 19.1 Å². The van der Waals surface area contributed by atoms with Crippen molar-refractivity contribution in [1.82, 2.24) is 14.9 Å². The summed E-state index contributed by atoms with van der Waals surface area (Å²) in [6.45, 7) is 5.59. The van der Waals surface area contributed by atoms with Crippen molar-refractivity contribution in [3.05, 3.63) is 69.3 Å². The van der Waals surface area contributed by atoms with E-state index >= 15 is 0 Å². The van der Waals surface area contributed by atoms with Gasteiger partial charge in [-0.3, -0.25) is 19.0 Å². The Morgan fingerprint density at radius 2 is 1.83 bits per heavy atom. The van der Waals surface area contributed by atoms with Crippen LogP contribution in [0.25, 0.3) is 10.9 Å². The van der Waals surface area contributed by atoms with Crippen molar-refractivity contribution in [2.75, 3.05) is 11.9 Å². The average molecular weight is 491 g/mol. The summed E-state index contributed by atoms with van der Waals surface area (Å²) in [5.41, 5.74) is 3.06. The monoisotopic (exact) mass is 490 g/mol. The molecule has 0 radical (unpaired) electrons. The minimum atomic E-state index is -1.12. The molecule has 9 heteroatoms. The quantitative estimate of drug-likeness (QED) is 0.513. The number of anilines is 1. The number of hydrogen-bond acceptors (Lipinski definition) is 6. The van der Waals surface area contributed by atoms with Crippen molar-refractivity contribution in [2.45, 2.75) is 59.1 Å². The van der Waals surface area contributed by atoms with E-state index in [9.17, 15) is 19.2 Å². The third-order valence-corrected chi connectivity index (χ3v) is 6.37. The highest BCUT2D eigenvalue weighted by atomic mass is 16.5. The lowest BCUT2D eigenvalue weighted by molar-refractivity contribution is -0.130. The number of benzene rings is 2. The molecule has 36 heavy (non-hydrogen) atoms. The molecule has 0 spiro atoms. The van der Waals surface area contributed by atoms with Gasteiger partial charge < -0.3 is 15.4 Å². The maximum atomic E-state index is 12.9. The number of fused-ring (bicyclic) bond motifs is 2. The zero-order valence-electron chi connectivity index (χ0n) is 20.7. The SMILES string of the molecule is Cc1cccc(C)c1NC(=O)CNC(=O)C(C)OC(=O)c1ccc2c(=O)n3c(nc2c1)CCCCC3. The molecule has 2 aromatic carbocycles. The van der Waals surface area contributed by atoms with Crippen molar-refractivity contribution in [3.63, 3.8) is 0 Å². The van der Waals surface area contributed by atoms with Crippen molar-refractivity contribution >= 4 is 34.4 Å². The van der Waals surface area contributed by atoms with Crippen LogP contribution in [0.5, 0.6) is 0 Å². The molecule has 9 nitrogen and oxygen atoms in total. The van der Waals surface area contributed by atoms with Gasteiger partial charge in [-0.2, -0.15) is 0 Å². The van der Waals surface area contributed by atoms with E-state index in [2.05, 4.69) is 15.6 Å². The molecule has 0 bridgehead atoms. The van der Waals surface area contributed by atoms with Crippen LogP contribution < -0.4 is 16.2 Å². The van der Waals surface area contributed by atoms with E-state index < -0.39 is 18.0 Å². The fourth-order valence-electron chi connectivity index (χ4n) is 4.33. The van der Waals surface area contributed by atoms with Gasteiger partial charge in [0.25, 0.3) is 11.5 Å². The maximum absolute atomic E-state index is 12.9. The summed E-state index contributed by atoms with van der Waals surface area (Å²) >= 11 is 0. The van der Waals surface area contributed by atoms with E-state index in [1.54, 1.807) is 10.6 Å². The lowest BCUT2D eigenvalue weighted by Gasteiger charge is -2.15. The van der Waals surface area contributed by atoms with E-state index in [1.165, 1.54) is 19.1 Å². The molecular formula is C27H30N4O5. The first-order valence-electron chi connectivity index (χ1n) is 12.1. The molecular weight excluding hydrogens is 460 g/mol. The lowest BCUT2D eigenvalue weighted by atomic mass is 10.1. The largest absolute Gasteiger partial charge is 0.449 e. The van der Waals surface area contributed by atoms with E-state index in [-0.39, 0.29) is 23.6 Å². The van der Waals surface area contributed by atoms with Crippen LogP contribution in [0.1, 0.15) is 53.5 Å². The summed E-state index contributed by atoms with van der Waals surface area (Å²) in [7, 11) is 0. The molecule has 0 aliphatic carbocycles. The van der Waals surface area contributed by atoms with Gasteiger partial charge in [-0.05, 0) is 62.9 Å². The topological polar surface area (TPSA) is 119 Å². The fraction of sp³-hybridized carbons (Fsp3) is 0.370. The zero-order chi connectivity index (χ0) is 25.8. The Morgan fingerprint density at radius 3 is 2.58 bits per heavy atom. The van der Waals surface area contributed by atoms with Gasteiger partial charge in [-0.15, -0.1) is 0 Å². The molecule has 0 saturated heterocycles. The number of carbonyl (C=O) groups is 3. The second-order valence-corrected chi connectivity index (χ2v) is 9.11. The molecule has 2 heterocycles. The van der Waals surface area contributed by atoms with Gasteiger partial charge in [-0.25, -0.2) is 9.78 Å². The van der Waals surface area contributed by atoms with E-state index in [4.69, 9.17) is 4.74 Å². The number of rotatable bonds is 6. The number of hydrogen-bond donors (Lipinski definition) is 2. The van der Waals surface area contributed by atoms with Crippen LogP contribution in [0, 0.1) is 13.8 Å². The number of aromatic nitrogens is 2. The highest BCUT2D eigenvalue weighted by Gasteiger charge is 2.21. The van der Waals surface area contributed by atoms with Crippen molar-refractivity contribution in [3.8, 4) is 0 Å². The molecule has 1 aliphatic heterocycles. The van der Waals surface area contributed by atoms with Crippen LogP contribution in [0.4, 0.5) is 5.69 Å². The third kappa shape index (κ3) is 5.45. The standard InChI is InChI=1S/C27H30N4O5/c1-16-8-7-9-17(2)24(16)30-23(32)15-28-25(33)18(3)36-27(35)19-11-12-20-21(14-19)29-22-10-5-4-6-13-31(22)26(20)34/h7-9,11-12,14,18H,4-6,10,13,15H2,1-3H3,(H,28,33)(H,30,32). The van der Waals surface area contributed by atoms with Gasteiger partial charge in [-0.1, -0.05) is 24.6 Å². The molecule has 188 valence electrons. The number of aryl methyl sites for hydroxylation is 3. The first-order valence-corrected chi connectivity index (χ1v) is 12.1. The Morgan fingerprint density at radius 1 is 1.08 bits per heavy atom. The molecule has 0 saturated carbocycles. The normalized spacial score (nSPS) is 13.9. The molecule has 2 amide bonds. The summed E-state index contributed by atoms with van der Waals surface area (Å²) in [5.74, 6) is -0.966. The predicted molar refractivity (Wildman–Crippen MR) is 136 cm³/mol. The smallest absolute Gasteiger partial charge is 0.338 e. The number of amides is 2. The van der Waals surface area contributed by atoms with Crippen LogP contribution in [-0.2, 0) is 27.3 Å². The van der Waals surface area contributed by atoms with E-state index in [0.717, 1.165) is 36.2 Å². The third-order valence-electron chi connectivity index (χ3n) is 6.37. The first kappa shape index (κ1) is 25.1. The van der Waals surface area contributed by atoms with Crippen molar-refractivity contribution in [1.29, 1.82) is 0 Å². The zero-order valence-corrected chi connectivity index (χ0v) is 20.7. The first-order chi connectivity index (χ1) is 17.2. The molecule has 1 aromatic heterocycles. The molecule has 1 aliphatic rings. The van der Waals surface area contributed by atoms with E-state index in [0.29, 0.717) is 29.6 Å².